The molecule has 4 heteroatoms. The Morgan fingerprint density at radius 1 is 1.10 bits per heavy atom. The number of hydrogen-bond donors (Lipinski definition) is 1. The average Bonchev–Trinajstić information content (AvgIpc) is 2.42. The lowest BCUT2D eigenvalue weighted by Crippen LogP contribution is -2.21. The van der Waals surface area contributed by atoms with Crippen LogP contribution in [0.5, 0.6) is 0 Å². The number of nitrogens with two attached hydrogens (primary N) is 1. The van der Waals surface area contributed by atoms with Crippen molar-refractivity contribution < 1.29 is 8.78 Å². The fourth-order valence-electron chi connectivity index (χ4n) is 2.28. The Kier molecular flexibility index (Phi) is 4.35. The maximum absolute atomic E-state index is 14.0. The molecule has 0 fully saturated rings. The van der Waals surface area contributed by atoms with Crippen molar-refractivity contribution >= 4 is 11.4 Å². The van der Waals surface area contributed by atoms with Crippen molar-refractivity contribution in [3.05, 3.63) is 59.7 Å². The third-order valence-corrected chi connectivity index (χ3v) is 3.23. The molecule has 0 heterocycles. The molecule has 2 rings (SSSR count). The highest BCUT2D eigenvalue weighted by Crippen LogP contribution is 2.33. The van der Waals surface area contributed by atoms with Crippen LogP contribution in [0.1, 0.15) is 25.5 Å². The summed E-state index contributed by atoms with van der Waals surface area (Å²) in [5.41, 5.74) is 7.76. The third-order valence-electron chi connectivity index (χ3n) is 3.23. The number of hydrogen-bond acceptors (Lipinski definition) is 2. The lowest BCUT2D eigenvalue weighted by Gasteiger charge is -2.27. The van der Waals surface area contributed by atoms with Crippen molar-refractivity contribution in [3.8, 4) is 0 Å². The molecule has 0 saturated heterocycles. The van der Waals surface area contributed by atoms with Crippen LogP contribution in [0.3, 0.4) is 0 Å². The lowest BCUT2D eigenvalue weighted by molar-refractivity contribution is 0.619. The molecule has 20 heavy (non-hydrogen) atoms. The summed E-state index contributed by atoms with van der Waals surface area (Å²) >= 11 is 0. The molecular formula is C16H18F2N2. The van der Waals surface area contributed by atoms with Crippen molar-refractivity contribution in [2.75, 3.05) is 11.4 Å². The van der Waals surface area contributed by atoms with Gasteiger partial charge in [0.05, 0.1) is 5.69 Å². The molecule has 2 N–H and O–H groups in total. The molecule has 2 aromatic carbocycles. The highest BCUT2D eigenvalue weighted by molar-refractivity contribution is 5.67. The summed E-state index contributed by atoms with van der Waals surface area (Å²) in [5.74, 6) is -0.653. The Labute approximate surface area is 117 Å². The van der Waals surface area contributed by atoms with Gasteiger partial charge in [-0.3, -0.25) is 0 Å². The quantitative estimate of drug-likeness (QED) is 0.909. The van der Waals surface area contributed by atoms with Crippen LogP contribution >= 0.6 is 0 Å². The van der Waals surface area contributed by atoms with Gasteiger partial charge in [0.1, 0.15) is 11.6 Å². The fraction of sp³-hybridized carbons (Fsp3) is 0.250. The second-order valence-electron chi connectivity index (χ2n) is 4.69. The third kappa shape index (κ3) is 2.80. The van der Waals surface area contributed by atoms with E-state index in [0.29, 0.717) is 17.8 Å². The molecule has 0 unspecified atom stereocenters. The van der Waals surface area contributed by atoms with Crippen LogP contribution in [0.2, 0.25) is 0 Å². The van der Waals surface area contributed by atoms with Crippen LogP contribution in [0.25, 0.3) is 0 Å². The van der Waals surface area contributed by atoms with Gasteiger partial charge in [0, 0.05) is 18.3 Å². The van der Waals surface area contributed by atoms with E-state index in [2.05, 4.69) is 0 Å². The minimum atomic E-state index is -0.342. The summed E-state index contributed by atoms with van der Waals surface area (Å²) < 4.78 is 27.4. The lowest BCUT2D eigenvalue weighted by atomic mass is 10.0. The van der Waals surface area contributed by atoms with E-state index in [0.717, 1.165) is 5.69 Å². The molecule has 0 amide bonds. The van der Waals surface area contributed by atoms with Crippen molar-refractivity contribution in [2.24, 2.45) is 5.73 Å². The molecule has 2 nitrogen and oxygen atoms in total. The van der Waals surface area contributed by atoms with Crippen molar-refractivity contribution in [1.82, 2.24) is 0 Å². The Morgan fingerprint density at radius 2 is 1.80 bits per heavy atom. The molecule has 0 spiro atoms. The molecule has 0 radical (unpaired) electrons. The summed E-state index contributed by atoms with van der Waals surface area (Å²) in [6.07, 6.45) is 0. The summed E-state index contributed by atoms with van der Waals surface area (Å²) in [5, 5.41) is 0. The monoisotopic (exact) mass is 276 g/mol. The van der Waals surface area contributed by atoms with E-state index in [9.17, 15) is 8.78 Å². The van der Waals surface area contributed by atoms with Gasteiger partial charge < -0.3 is 10.6 Å². The van der Waals surface area contributed by atoms with E-state index in [-0.39, 0.29) is 17.7 Å². The predicted molar refractivity (Wildman–Crippen MR) is 78.1 cm³/mol. The topological polar surface area (TPSA) is 29.3 Å². The first-order valence-corrected chi connectivity index (χ1v) is 6.61. The standard InChI is InChI=1S/C16H18F2N2/c1-3-20(16-7-5-4-6-14(16)18)15-9-8-12(17)10-13(15)11(2)19/h4-11H,3,19H2,1-2H3/t11-/m1/s1. The van der Waals surface area contributed by atoms with Crippen molar-refractivity contribution in [3.63, 3.8) is 0 Å². The van der Waals surface area contributed by atoms with Crippen LogP contribution < -0.4 is 10.6 Å². The summed E-state index contributed by atoms with van der Waals surface area (Å²) in [6, 6.07) is 10.6. The van der Waals surface area contributed by atoms with Crippen LogP contribution in [0, 0.1) is 11.6 Å². The zero-order valence-corrected chi connectivity index (χ0v) is 11.6. The number of rotatable bonds is 4. The zero-order valence-electron chi connectivity index (χ0n) is 11.6. The normalized spacial score (nSPS) is 12.2. The highest BCUT2D eigenvalue weighted by atomic mass is 19.1. The Morgan fingerprint density at radius 3 is 2.40 bits per heavy atom. The highest BCUT2D eigenvalue weighted by Gasteiger charge is 2.17. The molecule has 0 saturated carbocycles. The van der Waals surface area contributed by atoms with Crippen molar-refractivity contribution in [1.29, 1.82) is 0 Å². The van der Waals surface area contributed by atoms with Gasteiger partial charge in [-0.15, -0.1) is 0 Å². The van der Waals surface area contributed by atoms with Gasteiger partial charge in [0.15, 0.2) is 0 Å². The molecule has 1 atom stereocenters. The molecule has 0 aliphatic carbocycles. The van der Waals surface area contributed by atoms with Gasteiger partial charge in [0.25, 0.3) is 0 Å². The fourth-order valence-corrected chi connectivity index (χ4v) is 2.28. The van der Waals surface area contributed by atoms with Gasteiger partial charge in [-0.2, -0.15) is 0 Å². The second-order valence-corrected chi connectivity index (χ2v) is 4.69. The minimum Gasteiger partial charge on any atom is -0.339 e. The average molecular weight is 276 g/mol. The number of benzene rings is 2. The first-order chi connectivity index (χ1) is 9.54. The Bertz CT molecular complexity index is 597. The number of nitrogens with zero attached hydrogens (tertiary/aromatic N) is 1. The zero-order chi connectivity index (χ0) is 14.7. The van der Waals surface area contributed by atoms with Crippen molar-refractivity contribution in [2.45, 2.75) is 19.9 Å². The van der Waals surface area contributed by atoms with E-state index in [1.54, 1.807) is 36.1 Å². The van der Waals surface area contributed by atoms with Gasteiger partial charge in [-0.25, -0.2) is 8.78 Å². The number of para-hydroxylation sites is 1. The van der Waals surface area contributed by atoms with E-state index in [1.807, 2.05) is 6.92 Å². The van der Waals surface area contributed by atoms with E-state index in [4.69, 9.17) is 5.73 Å². The van der Waals surface area contributed by atoms with Crippen LogP contribution in [0.4, 0.5) is 20.2 Å². The van der Waals surface area contributed by atoms with Crippen LogP contribution in [-0.2, 0) is 0 Å². The maximum atomic E-state index is 14.0. The largest absolute Gasteiger partial charge is 0.339 e. The summed E-state index contributed by atoms with van der Waals surface area (Å²) in [7, 11) is 0. The first kappa shape index (κ1) is 14.5. The van der Waals surface area contributed by atoms with Crippen LogP contribution in [-0.4, -0.2) is 6.54 Å². The molecule has 106 valence electrons. The summed E-state index contributed by atoms with van der Waals surface area (Å²) in [4.78, 5) is 1.80. The first-order valence-electron chi connectivity index (χ1n) is 6.61. The van der Waals surface area contributed by atoms with Gasteiger partial charge in [0.2, 0.25) is 0 Å². The SMILES string of the molecule is CCN(c1ccccc1F)c1ccc(F)cc1[C@@H](C)N. The summed E-state index contributed by atoms with van der Waals surface area (Å²) in [6.45, 7) is 4.26. The Hall–Kier alpha value is -1.94. The van der Waals surface area contributed by atoms with E-state index >= 15 is 0 Å². The molecule has 0 aliphatic rings. The number of halogens is 2. The minimum absolute atomic E-state index is 0.311. The molecule has 2 aromatic rings. The second kappa shape index (κ2) is 6.01. The maximum Gasteiger partial charge on any atom is 0.146 e. The van der Waals surface area contributed by atoms with E-state index in [1.165, 1.54) is 18.2 Å². The smallest absolute Gasteiger partial charge is 0.146 e. The van der Waals surface area contributed by atoms with Gasteiger partial charge in [-0.1, -0.05) is 12.1 Å². The van der Waals surface area contributed by atoms with Crippen LogP contribution in [0.15, 0.2) is 42.5 Å². The van der Waals surface area contributed by atoms with E-state index < -0.39 is 0 Å². The number of anilines is 2. The predicted octanol–water partition coefficient (Wildman–Crippen LogP) is 4.14. The molecule has 0 aliphatic heterocycles. The van der Waals surface area contributed by atoms with Gasteiger partial charge in [-0.05, 0) is 49.7 Å². The Balaban J connectivity index is 2.55. The molecular weight excluding hydrogens is 258 g/mol. The van der Waals surface area contributed by atoms with Gasteiger partial charge >= 0.3 is 0 Å². The molecule has 0 bridgehead atoms. The molecule has 0 aromatic heterocycles.